The van der Waals surface area contributed by atoms with E-state index >= 15 is 0 Å². The Labute approximate surface area is 140 Å². The van der Waals surface area contributed by atoms with Crippen LogP contribution in [0.5, 0.6) is 0 Å². The van der Waals surface area contributed by atoms with Crippen LogP contribution in [-0.4, -0.2) is 53.0 Å². The SMILES string of the molecule is CN1CCN(C)c2cc3c(cc2C1=O)nnn3Cc1ccccc1. The minimum Gasteiger partial charge on any atom is -0.372 e. The minimum atomic E-state index is 0.0360. The summed E-state index contributed by atoms with van der Waals surface area (Å²) < 4.78 is 1.89. The fourth-order valence-corrected chi connectivity index (χ4v) is 3.09. The van der Waals surface area contributed by atoms with Crippen molar-refractivity contribution in [3.05, 3.63) is 53.6 Å². The maximum absolute atomic E-state index is 12.6. The van der Waals surface area contributed by atoms with Crippen molar-refractivity contribution in [2.75, 3.05) is 32.1 Å². The monoisotopic (exact) mass is 321 g/mol. The number of hydrogen-bond acceptors (Lipinski definition) is 4. The average molecular weight is 321 g/mol. The number of amides is 1. The molecular weight excluding hydrogens is 302 g/mol. The lowest BCUT2D eigenvalue weighted by molar-refractivity contribution is 0.0805. The molecule has 2 aromatic carbocycles. The highest BCUT2D eigenvalue weighted by atomic mass is 16.2. The van der Waals surface area contributed by atoms with E-state index in [0.29, 0.717) is 18.7 Å². The van der Waals surface area contributed by atoms with Gasteiger partial charge in [0.05, 0.1) is 23.3 Å². The molecule has 0 saturated carbocycles. The number of likely N-dealkylation sites (N-methyl/N-ethyl adjacent to an activating group) is 2. The summed E-state index contributed by atoms with van der Waals surface area (Å²) in [7, 11) is 3.85. The van der Waals surface area contributed by atoms with Gasteiger partial charge in [-0.25, -0.2) is 4.68 Å². The van der Waals surface area contributed by atoms with Crippen LogP contribution < -0.4 is 4.90 Å². The van der Waals surface area contributed by atoms with Crippen LogP contribution in [0, 0.1) is 0 Å². The predicted molar refractivity (Wildman–Crippen MR) is 93.3 cm³/mol. The van der Waals surface area contributed by atoms with E-state index in [1.54, 1.807) is 4.90 Å². The van der Waals surface area contributed by atoms with Gasteiger partial charge in [0.2, 0.25) is 0 Å². The number of fused-ring (bicyclic) bond motifs is 2. The number of carbonyl (C=O) groups is 1. The van der Waals surface area contributed by atoms with Gasteiger partial charge in [0.25, 0.3) is 5.91 Å². The normalized spacial score (nSPS) is 14.8. The Morgan fingerprint density at radius 1 is 1.04 bits per heavy atom. The van der Waals surface area contributed by atoms with Gasteiger partial charge in [-0.05, 0) is 17.7 Å². The van der Waals surface area contributed by atoms with Crippen molar-refractivity contribution in [2.45, 2.75) is 6.54 Å². The van der Waals surface area contributed by atoms with Gasteiger partial charge in [-0.1, -0.05) is 35.5 Å². The Morgan fingerprint density at radius 3 is 2.58 bits per heavy atom. The standard InChI is InChI=1S/C18H19N5O/c1-21-8-9-22(2)18(24)14-10-15-17(11-16(14)21)23(20-19-15)12-13-6-4-3-5-7-13/h3-7,10-11H,8-9,12H2,1-2H3. The molecule has 6 nitrogen and oxygen atoms in total. The van der Waals surface area contributed by atoms with Gasteiger partial charge in [0.1, 0.15) is 5.52 Å². The van der Waals surface area contributed by atoms with Crippen molar-refractivity contribution in [3.8, 4) is 0 Å². The molecule has 4 rings (SSSR count). The summed E-state index contributed by atoms with van der Waals surface area (Å²) in [5.74, 6) is 0.0360. The quantitative estimate of drug-likeness (QED) is 0.724. The van der Waals surface area contributed by atoms with E-state index < -0.39 is 0 Å². The summed E-state index contributed by atoms with van der Waals surface area (Å²) in [5.41, 5.74) is 4.50. The molecule has 6 heteroatoms. The van der Waals surface area contributed by atoms with Crippen LogP contribution in [0.15, 0.2) is 42.5 Å². The average Bonchev–Trinajstić information content (AvgIpc) is 2.96. The molecule has 0 atom stereocenters. The molecule has 1 aliphatic heterocycles. The fourth-order valence-electron chi connectivity index (χ4n) is 3.09. The molecule has 0 bridgehead atoms. The van der Waals surface area contributed by atoms with E-state index in [0.717, 1.165) is 23.3 Å². The lowest BCUT2D eigenvalue weighted by atomic mass is 10.1. The molecular formula is C18H19N5O. The highest BCUT2D eigenvalue weighted by Gasteiger charge is 2.24. The van der Waals surface area contributed by atoms with Crippen molar-refractivity contribution < 1.29 is 4.79 Å². The summed E-state index contributed by atoms with van der Waals surface area (Å²) in [6, 6.07) is 14.1. The van der Waals surface area contributed by atoms with E-state index in [-0.39, 0.29) is 5.91 Å². The first-order valence-electron chi connectivity index (χ1n) is 8.01. The number of anilines is 1. The number of aromatic nitrogens is 3. The summed E-state index contributed by atoms with van der Waals surface area (Å²) in [6.07, 6.45) is 0. The van der Waals surface area contributed by atoms with Crippen molar-refractivity contribution in [1.29, 1.82) is 0 Å². The van der Waals surface area contributed by atoms with E-state index in [1.807, 2.05) is 49.1 Å². The van der Waals surface area contributed by atoms with Crippen LogP contribution in [0.4, 0.5) is 5.69 Å². The van der Waals surface area contributed by atoms with Crippen molar-refractivity contribution >= 4 is 22.6 Å². The van der Waals surface area contributed by atoms with Crippen LogP contribution >= 0.6 is 0 Å². The predicted octanol–water partition coefficient (Wildman–Crippen LogP) is 2.00. The fraction of sp³-hybridized carbons (Fsp3) is 0.278. The second-order valence-electron chi connectivity index (χ2n) is 6.24. The zero-order valence-electron chi connectivity index (χ0n) is 13.8. The molecule has 24 heavy (non-hydrogen) atoms. The second kappa shape index (κ2) is 5.63. The first kappa shape index (κ1) is 14.7. The number of rotatable bonds is 2. The van der Waals surface area contributed by atoms with Crippen LogP contribution in [0.25, 0.3) is 11.0 Å². The van der Waals surface area contributed by atoms with E-state index in [2.05, 4.69) is 27.3 Å². The van der Waals surface area contributed by atoms with Crippen molar-refractivity contribution in [1.82, 2.24) is 19.9 Å². The highest BCUT2D eigenvalue weighted by Crippen LogP contribution is 2.28. The van der Waals surface area contributed by atoms with Crippen LogP contribution in [0.3, 0.4) is 0 Å². The Morgan fingerprint density at radius 2 is 1.79 bits per heavy atom. The molecule has 3 aromatic rings. The van der Waals surface area contributed by atoms with Crippen molar-refractivity contribution in [2.24, 2.45) is 0 Å². The van der Waals surface area contributed by atoms with Gasteiger partial charge in [-0.3, -0.25) is 4.79 Å². The van der Waals surface area contributed by atoms with Gasteiger partial charge >= 0.3 is 0 Å². The van der Waals surface area contributed by atoms with E-state index in [1.165, 1.54) is 5.56 Å². The van der Waals surface area contributed by atoms with Gasteiger partial charge in [0.15, 0.2) is 0 Å². The summed E-state index contributed by atoms with van der Waals surface area (Å²) in [5, 5.41) is 8.54. The molecule has 0 unspecified atom stereocenters. The summed E-state index contributed by atoms with van der Waals surface area (Å²) >= 11 is 0. The third-order valence-corrected chi connectivity index (χ3v) is 4.57. The first-order valence-corrected chi connectivity index (χ1v) is 8.01. The minimum absolute atomic E-state index is 0.0360. The second-order valence-corrected chi connectivity index (χ2v) is 6.24. The van der Waals surface area contributed by atoms with Gasteiger partial charge in [-0.2, -0.15) is 0 Å². The van der Waals surface area contributed by atoms with Gasteiger partial charge in [-0.15, -0.1) is 5.10 Å². The topological polar surface area (TPSA) is 54.3 Å². The number of benzene rings is 2. The Balaban J connectivity index is 1.82. The third-order valence-electron chi connectivity index (χ3n) is 4.57. The van der Waals surface area contributed by atoms with E-state index in [9.17, 15) is 4.79 Å². The molecule has 2 heterocycles. The summed E-state index contributed by atoms with van der Waals surface area (Å²) in [6.45, 7) is 2.18. The molecule has 0 fully saturated rings. The maximum atomic E-state index is 12.6. The number of nitrogens with zero attached hydrogens (tertiary/aromatic N) is 5. The third kappa shape index (κ3) is 2.40. The number of hydrogen-bond donors (Lipinski definition) is 0. The zero-order chi connectivity index (χ0) is 16.7. The maximum Gasteiger partial charge on any atom is 0.255 e. The molecule has 1 aliphatic rings. The first-order chi connectivity index (χ1) is 11.6. The van der Waals surface area contributed by atoms with Crippen LogP contribution in [0.1, 0.15) is 15.9 Å². The molecule has 122 valence electrons. The molecule has 0 radical (unpaired) electrons. The number of carbonyl (C=O) groups excluding carboxylic acids is 1. The Kier molecular flexibility index (Phi) is 3.45. The molecule has 0 saturated heterocycles. The van der Waals surface area contributed by atoms with Crippen LogP contribution in [-0.2, 0) is 6.54 Å². The van der Waals surface area contributed by atoms with Gasteiger partial charge < -0.3 is 9.80 Å². The Hall–Kier alpha value is -2.89. The molecule has 0 aliphatic carbocycles. The molecule has 1 amide bonds. The smallest absolute Gasteiger partial charge is 0.255 e. The highest BCUT2D eigenvalue weighted by molar-refractivity contribution is 6.03. The van der Waals surface area contributed by atoms with Crippen molar-refractivity contribution in [3.63, 3.8) is 0 Å². The molecule has 0 N–H and O–H groups in total. The lowest BCUT2D eigenvalue weighted by Gasteiger charge is -2.18. The lowest BCUT2D eigenvalue weighted by Crippen LogP contribution is -2.29. The molecule has 0 spiro atoms. The molecule has 1 aromatic heterocycles. The van der Waals surface area contributed by atoms with Gasteiger partial charge in [0, 0.05) is 27.2 Å². The Bertz CT molecular complexity index is 902. The largest absolute Gasteiger partial charge is 0.372 e. The zero-order valence-corrected chi connectivity index (χ0v) is 13.8. The van der Waals surface area contributed by atoms with E-state index in [4.69, 9.17) is 0 Å². The summed E-state index contributed by atoms with van der Waals surface area (Å²) in [4.78, 5) is 16.4. The van der Waals surface area contributed by atoms with Crippen LogP contribution in [0.2, 0.25) is 0 Å².